The van der Waals surface area contributed by atoms with Crippen molar-refractivity contribution in [1.82, 2.24) is 25.0 Å². The molecule has 0 aliphatic carbocycles. The van der Waals surface area contributed by atoms with Crippen molar-refractivity contribution < 1.29 is 4.74 Å². The molecule has 8 nitrogen and oxygen atoms in total. The molecule has 3 aromatic heterocycles. The van der Waals surface area contributed by atoms with Gasteiger partial charge in [-0.3, -0.25) is 4.68 Å². The summed E-state index contributed by atoms with van der Waals surface area (Å²) in [6.07, 6.45) is 7.87. The molecule has 27 heavy (non-hydrogen) atoms. The second kappa shape index (κ2) is 7.71. The molecule has 0 spiro atoms. The summed E-state index contributed by atoms with van der Waals surface area (Å²) in [5.74, 6) is 1.75. The van der Waals surface area contributed by atoms with Crippen LogP contribution in [-0.4, -0.2) is 45.2 Å². The third-order valence-electron chi connectivity index (χ3n) is 4.87. The van der Waals surface area contributed by atoms with Crippen molar-refractivity contribution >= 4 is 11.6 Å². The van der Waals surface area contributed by atoms with E-state index in [1.807, 2.05) is 29.1 Å². The van der Waals surface area contributed by atoms with Gasteiger partial charge in [0, 0.05) is 55.9 Å². The fourth-order valence-corrected chi connectivity index (χ4v) is 3.25. The van der Waals surface area contributed by atoms with Gasteiger partial charge >= 0.3 is 0 Å². The van der Waals surface area contributed by atoms with E-state index >= 15 is 0 Å². The Bertz CT molecular complexity index is 901. The number of nitrogen functional groups attached to an aromatic ring is 1. The van der Waals surface area contributed by atoms with Crippen molar-refractivity contribution in [3.63, 3.8) is 0 Å². The van der Waals surface area contributed by atoms with Crippen molar-refractivity contribution in [2.24, 2.45) is 5.92 Å². The molecule has 3 N–H and O–H groups in total. The lowest BCUT2D eigenvalue weighted by molar-refractivity contribution is 0.0601. The van der Waals surface area contributed by atoms with Gasteiger partial charge in [0.25, 0.3) is 0 Å². The largest absolute Gasteiger partial charge is 0.383 e. The number of ether oxygens (including phenoxy) is 1. The van der Waals surface area contributed by atoms with Crippen LogP contribution >= 0.6 is 0 Å². The van der Waals surface area contributed by atoms with Crippen molar-refractivity contribution in [2.75, 3.05) is 31.3 Å². The molecule has 4 heterocycles. The number of nitrogens with one attached hydrogen (secondary N) is 1. The molecular formula is C19H23N7O. The predicted octanol–water partition coefficient (Wildman–Crippen LogP) is 2.45. The van der Waals surface area contributed by atoms with Crippen LogP contribution in [0, 0.1) is 5.92 Å². The summed E-state index contributed by atoms with van der Waals surface area (Å²) in [7, 11) is 1.80. The number of anilines is 2. The summed E-state index contributed by atoms with van der Waals surface area (Å²) in [6, 6.07) is 5.73. The summed E-state index contributed by atoms with van der Waals surface area (Å²) in [4.78, 5) is 4.34. The molecular weight excluding hydrogens is 342 g/mol. The van der Waals surface area contributed by atoms with E-state index in [4.69, 9.17) is 10.5 Å². The highest BCUT2D eigenvalue weighted by molar-refractivity contribution is 5.77. The summed E-state index contributed by atoms with van der Waals surface area (Å²) < 4.78 is 7.43. The van der Waals surface area contributed by atoms with E-state index in [9.17, 15) is 0 Å². The van der Waals surface area contributed by atoms with E-state index in [1.165, 1.54) is 0 Å². The average Bonchev–Trinajstić information content (AvgIpc) is 3.18. The van der Waals surface area contributed by atoms with E-state index in [2.05, 4.69) is 31.8 Å². The van der Waals surface area contributed by atoms with Crippen molar-refractivity contribution in [3.8, 4) is 22.4 Å². The molecule has 1 saturated heterocycles. The standard InChI is InChI=1S/C19H23N7O/c1-21-18-3-2-17(24-25-18)16-8-14(9-22-19(16)20)15-10-23-26(12-15)11-13-4-6-27-7-5-13/h2-3,8-10,12-13H,4-7,11H2,1H3,(H2,20,22)(H,21,25). The minimum atomic E-state index is 0.430. The number of aromatic nitrogens is 5. The minimum absolute atomic E-state index is 0.430. The van der Waals surface area contributed by atoms with Crippen LogP contribution < -0.4 is 11.1 Å². The lowest BCUT2D eigenvalue weighted by atomic mass is 10.0. The average molecular weight is 365 g/mol. The number of nitrogens with two attached hydrogens (primary N) is 1. The molecule has 0 atom stereocenters. The molecule has 8 heteroatoms. The Morgan fingerprint density at radius 2 is 2.04 bits per heavy atom. The normalized spacial score (nSPS) is 15.0. The quantitative estimate of drug-likeness (QED) is 0.715. The number of hydrogen-bond donors (Lipinski definition) is 2. The van der Waals surface area contributed by atoms with Crippen LogP contribution in [0.2, 0.25) is 0 Å². The van der Waals surface area contributed by atoms with Gasteiger partial charge in [-0.25, -0.2) is 4.98 Å². The maximum atomic E-state index is 6.07. The first-order valence-corrected chi connectivity index (χ1v) is 9.11. The van der Waals surface area contributed by atoms with E-state index in [0.717, 1.165) is 49.3 Å². The van der Waals surface area contributed by atoms with Gasteiger partial charge in [0.1, 0.15) is 11.6 Å². The van der Waals surface area contributed by atoms with Gasteiger partial charge in [-0.2, -0.15) is 5.10 Å². The van der Waals surface area contributed by atoms with Gasteiger partial charge < -0.3 is 15.8 Å². The molecule has 1 fully saturated rings. The van der Waals surface area contributed by atoms with Gasteiger partial charge in [0.2, 0.25) is 0 Å². The third kappa shape index (κ3) is 3.90. The smallest absolute Gasteiger partial charge is 0.148 e. The van der Waals surface area contributed by atoms with Gasteiger partial charge in [0.15, 0.2) is 0 Å². The third-order valence-corrected chi connectivity index (χ3v) is 4.87. The van der Waals surface area contributed by atoms with E-state index in [1.54, 1.807) is 13.2 Å². The topological polar surface area (TPSA) is 104 Å². The molecule has 1 aliphatic rings. The summed E-state index contributed by atoms with van der Waals surface area (Å²) in [5, 5.41) is 15.8. The molecule has 0 aromatic carbocycles. The van der Waals surface area contributed by atoms with Gasteiger partial charge in [-0.15, -0.1) is 10.2 Å². The maximum absolute atomic E-state index is 6.07. The number of nitrogens with zero attached hydrogens (tertiary/aromatic N) is 5. The van der Waals surface area contributed by atoms with E-state index in [-0.39, 0.29) is 0 Å². The molecule has 140 valence electrons. The Balaban J connectivity index is 1.57. The highest BCUT2D eigenvalue weighted by atomic mass is 16.5. The number of hydrogen-bond acceptors (Lipinski definition) is 7. The Kier molecular flexibility index (Phi) is 4.97. The Morgan fingerprint density at radius 3 is 2.78 bits per heavy atom. The first-order chi connectivity index (χ1) is 13.2. The molecule has 0 bridgehead atoms. The maximum Gasteiger partial charge on any atom is 0.148 e. The summed E-state index contributed by atoms with van der Waals surface area (Å²) in [5.41, 5.74) is 9.49. The molecule has 4 rings (SSSR count). The summed E-state index contributed by atoms with van der Waals surface area (Å²) >= 11 is 0. The van der Waals surface area contributed by atoms with E-state index < -0.39 is 0 Å². The number of pyridine rings is 1. The Hall–Kier alpha value is -3.00. The molecule has 0 amide bonds. The summed E-state index contributed by atoms with van der Waals surface area (Å²) in [6.45, 7) is 2.60. The van der Waals surface area contributed by atoms with Crippen LogP contribution in [-0.2, 0) is 11.3 Å². The van der Waals surface area contributed by atoms with Gasteiger partial charge in [-0.05, 0) is 37.0 Å². The molecule has 0 saturated carbocycles. The highest BCUT2D eigenvalue weighted by Gasteiger charge is 2.15. The van der Waals surface area contributed by atoms with Crippen LogP contribution in [0.25, 0.3) is 22.4 Å². The van der Waals surface area contributed by atoms with Crippen LogP contribution in [0.4, 0.5) is 11.6 Å². The molecule has 1 aliphatic heterocycles. The van der Waals surface area contributed by atoms with Crippen LogP contribution in [0.1, 0.15) is 12.8 Å². The van der Waals surface area contributed by atoms with Crippen LogP contribution in [0.15, 0.2) is 36.8 Å². The second-order valence-corrected chi connectivity index (χ2v) is 6.72. The fraction of sp³-hybridized carbons (Fsp3) is 0.368. The van der Waals surface area contributed by atoms with E-state index in [0.29, 0.717) is 23.2 Å². The predicted molar refractivity (Wildman–Crippen MR) is 104 cm³/mol. The van der Waals surface area contributed by atoms with Crippen LogP contribution in [0.5, 0.6) is 0 Å². The number of rotatable bonds is 5. The highest BCUT2D eigenvalue weighted by Crippen LogP contribution is 2.28. The zero-order chi connectivity index (χ0) is 18.6. The van der Waals surface area contributed by atoms with Gasteiger partial charge in [-0.1, -0.05) is 0 Å². The molecule has 0 radical (unpaired) electrons. The van der Waals surface area contributed by atoms with Gasteiger partial charge in [0.05, 0.1) is 11.9 Å². The second-order valence-electron chi connectivity index (χ2n) is 6.72. The minimum Gasteiger partial charge on any atom is -0.383 e. The zero-order valence-corrected chi connectivity index (χ0v) is 15.3. The van der Waals surface area contributed by atoms with Crippen LogP contribution in [0.3, 0.4) is 0 Å². The van der Waals surface area contributed by atoms with Crippen molar-refractivity contribution in [1.29, 1.82) is 0 Å². The Labute approximate surface area is 157 Å². The fourth-order valence-electron chi connectivity index (χ4n) is 3.25. The monoisotopic (exact) mass is 365 g/mol. The van der Waals surface area contributed by atoms with Crippen molar-refractivity contribution in [3.05, 3.63) is 36.8 Å². The Morgan fingerprint density at radius 1 is 1.19 bits per heavy atom. The molecule has 3 aromatic rings. The molecule has 0 unspecified atom stereocenters. The SMILES string of the molecule is CNc1ccc(-c2cc(-c3cnn(CC4CCOCC4)c3)cnc2N)nn1. The first-order valence-electron chi connectivity index (χ1n) is 9.11. The zero-order valence-electron chi connectivity index (χ0n) is 15.3. The lowest BCUT2D eigenvalue weighted by Gasteiger charge is -2.21. The first kappa shape index (κ1) is 17.4. The van der Waals surface area contributed by atoms with Crippen molar-refractivity contribution in [2.45, 2.75) is 19.4 Å². The lowest BCUT2D eigenvalue weighted by Crippen LogP contribution is -2.20.